The zero-order chi connectivity index (χ0) is 28.7. The minimum absolute atomic E-state index is 0.108. The summed E-state index contributed by atoms with van der Waals surface area (Å²) in [5.74, 6) is -1.21. The molecule has 0 saturated heterocycles. The predicted octanol–water partition coefficient (Wildman–Crippen LogP) is 5.84. The highest BCUT2D eigenvalue weighted by Gasteiger charge is 2.32. The van der Waals surface area contributed by atoms with Crippen molar-refractivity contribution < 1.29 is 31.9 Å². The van der Waals surface area contributed by atoms with E-state index in [1.807, 2.05) is 0 Å². The maximum atomic E-state index is 16.1. The summed E-state index contributed by atoms with van der Waals surface area (Å²) in [6.07, 6.45) is -0.155. The van der Waals surface area contributed by atoms with Crippen LogP contribution in [0.25, 0.3) is 33.3 Å². The van der Waals surface area contributed by atoms with Crippen molar-refractivity contribution in [3.05, 3.63) is 47.9 Å². The zero-order valence-electron chi connectivity index (χ0n) is 22.5. The van der Waals surface area contributed by atoms with Crippen LogP contribution >= 0.6 is 0 Å². The van der Waals surface area contributed by atoms with Crippen molar-refractivity contribution in [2.24, 2.45) is 0 Å². The molecule has 12 heteroatoms. The van der Waals surface area contributed by atoms with Gasteiger partial charge in [0.05, 0.1) is 28.3 Å². The molecule has 10 nitrogen and oxygen atoms in total. The predicted molar refractivity (Wildman–Crippen MR) is 145 cm³/mol. The number of fused-ring (bicyclic) bond motifs is 2. The molecule has 0 unspecified atom stereocenters. The monoisotopic (exact) mass is 556 g/mol. The fourth-order valence-electron chi connectivity index (χ4n) is 4.00. The fourth-order valence-corrected chi connectivity index (χ4v) is 5.06. The van der Waals surface area contributed by atoms with Crippen LogP contribution in [0.4, 0.5) is 19.7 Å². The number of halogens is 1. The van der Waals surface area contributed by atoms with Crippen molar-refractivity contribution in [1.29, 1.82) is 0 Å². The number of hydrogen-bond donors (Lipinski definition) is 1. The second-order valence-corrected chi connectivity index (χ2v) is 12.1. The Balaban J connectivity index is 2.08. The number of ether oxygens (including phenoxy) is 2. The van der Waals surface area contributed by atoms with Gasteiger partial charge in [0.15, 0.2) is 15.7 Å². The van der Waals surface area contributed by atoms with Crippen LogP contribution in [0.2, 0.25) is 0 Å². The molecule has 0 bridgehead atoms. The van der Waals surface area contributed by atoms with Crippen molar-refractivity contribution in [1.82, 2.24) is 14.5 Å². The summed E-state index contributed by atoms with van der Waals surface area (Å²) in [4.78, 5) is 33.8. The molecule has 0 spiro atoms. The Hall–Kier alpha value is -4.06. The first-order valence-corrected chi connectivity index (χ1v) is 13.9. The van der Waals surface area contributed by atoms with Crippen molar-refractivity contribution in [3.63, 3.8) is 0 Å². The van der Waals surface area contributed by atoms with Gasteiger partial charge in [-0.25, -0.2) is 31.9 Å². The lowest BCUT2D eigenvalue weighted by atomic mass is 10.1. The minimum Gasteiger partial charge on any atom is -0.450 e. The lowest BCUT2D eigenvalue weighted by Crippen LogP contribution is -2.27. The third-order valence-electron chi connectivity index (χ3n) is 5.70. The number of carbonyl (C=O) groups excluding carboxylic acids is 2. The first kappa shape index (κ1) is 28.0. The molecule has 39 heavy (non-hydrogen) atoms. The van der Waals surface area contributed by atoms with Crippen LogP contribution < -0.4 is 5.32 Å². The van der Waals surface area contributed by atoms with Crippen molar-refractivity contribution in [2.75, 3.05) is 17.7 Å². The molecule has 0 fully saturated rings. The van der Waals surface area contributed by atoms with Gasteiger partial charge in [-0.05, 0) is 64.4 Å². The Labute approximate surface area is 225 Å². The van der Waals surface area contributed by atoms with Crippen LogP contribution in [-0.2, 0) is 19.3 Å². The van der Waals surface area contributed by atoms with Crippen LogP contribution in [0, 0.1) is 12.7 Å². The Morgan fingerprint density at radius 2 is 1.85 bits per heavy atom. The average Bonchev–Trinajstić information content (AvgIpc) is 3.13. The Morgan fingerprint density at radius 3 is 2.49 bits per heavy atom. The summed E-state index contributed by atoms with van der Waals surface area (Å²) in [5.41, 5.74) is -0.404. The van der Waals surface area contributed by atoms with Crippen LogP contribution in [0.5, 0.6) is 0 Å². The van der Waals surface area contributed by atoms with Gasteiger partial charge < -0.3 is 9.47 Å². The van der Waals surface area contributed by atoms with Gasteiger partial charge in [0.1, 0.15) is 22.5 Å². The van der Waals surface area contributed by atoms with Gasteiger partial charge >= 0.3 is 12.2 Å². The van der Waals surface area contributed by atoms with Gasteiger partial charge in [0.2, 0.25) is 0 Å². The van der Waals surface area contributed by atoms with Crippen LogP contribution in [0.3, 0.4) is 0 Å². The van der Waals surface area contributed by atoms with Crippen LogP contribution in [0.1, 0.15) is 40.2 Å². The third-order valence-corrected chi connectivity index (χ3v) is 7.45. The number of aromatic nitrogens is 3. The molecular formula is C27H29FN4O6S. The van der Waals surface area contributed by atoms with Gasteiger partial charge in [0.25, 0.3) is 0 Å². The number of hydrogen-bond acceptors (Lipinski definition) is 8. The van der Waals surface area contributed by atoms with Gasteiger partial charge in [-0.15, -0.1) is 0 Å². The molecule has 4 rings (SSSR count). The molecule has 1 amide bonds. The number of amides is 1. The van der Waals surface area contributed by atoms with Gasteiger partial charge in [-0.2, -0.15) is 0 Å². The normalized spacial score (nSPS) is 12.1. The van der Waals surface area contributed by atoms with Gasteiger partial charge in [-0.1, -0.05) is 13.0 Å². The molecule has 1 aromatic carbocycles. The van der Waals surface area contributed by atoms with Crippen molar-refractivity contribution >= 4 is 49.6 Å². The number of nitrogens with one attached hydrogen (secondary N) is 1. The third kappa shape index (κ3) is 5.56. The molecular weight excluding hydrogens is 527 g/mol. The molecule has 0 aliphatic heterocycles. The van der Waals surface area contributed by atoms with Gasteiger partial charge in [-0.3, -0.25) is 10.3 Å². The lowest BCUT2D eigenvalue weighted by Gasteiger charge is -2.21. The summed E-state index contributed by atoms with van der Waals surface area (Å²) in [7, 11) is -3.95. The first-order chi connectivity index (χ1) is 18.3. The van der Waals surface area contributed by atoms with E-state index in [-0.39, 0.29) is 39.5 Å². The van der Waals surface area contributed by atoms with E-state index in [0.717, 1.165) is 4.57 Å². The van der Waals surface area contributed by atoms with Gasteiger partial charge in [0, 0.05) is 17.3 Å². The molecule has 4 aromatic rings. The number of aryl methyl sites for hydroxylation is 1. The van der Waals surface area contributed by atoms with Crippen molar-refractivity contribution in [2.45, 2.75) is 52.0 Å². The maximum absolute atomic E-state index is 16.1. The maximum Gasteiger partial charge on any atom is 0.419 e. The number of nitrogens with zero attached hydrogens (tertiary/aromatic N) is 3. The number of benzene rings is 1. The van der Waals surface area contributed by atoms with E-state index in [2.05, 4.69) is 15.3 Å². The summed E-state index contributed by atoms with van der Waals surface area (Å²) in [5, 5.41) is 2.99. The molecule has 0 radical (unpaired) electrons. The Morgan fingerprint density at radius 1 is 1.13 bits per heavy atom. The molecule has 0 saturated carbocycles. The van der Waals surface area contributed by atoms with Crippen LogP contribution in [-0.4, -0.2) is 53.1 Å². The van der Waals surface area contributed by atoms with E-state index in [1.165, 1.54) is 25.3 Å². The Bertz CT molecular complexity index is 1720. The largest absolute Gasteiger partial charge is 0.450 e. The fraction of sp³-hybridized carbons (Fsp3) is 0.333. The zero-order valence-corrected chi connectivity index (χ0v) is 23.3. The molecule has 3 aromatic heterocycles. The van der Waals surface area contributed by atoms with E-state index in [9.17, 15) is 18.0 Å². The van der Waals surface area contributed by atoms with Crippen LogP contribution in [0.15, 0.2) is 41.4 Å². The molecule has 3 heterocycles. The topological polar surface area (TPSA) is 129 Å². The second-order valence-electron chi connectivity index (χ2n) is 9.85. The standard InChI is InChI=1S/C27H29FN4O6S/c1-7-37-25(33)30-17-10-9-16-12-20(39(35,36)8-2)23(31-18(16)13-17)24-21(28)22-19(11-15(3)14-29-22)32(24)26(34)38-27(4,5)6/h9-14H,7-8H2,1-6H3,(H,30,33). The van der Waals surface area contributed by atoms with E-state index in [4.69, 9.17) is 9.47 Å². The number of carbonyl (C=O) groups is 2. The molecule has 0 atom stereocenters. The van der Waals surface area contributed by atoms with Crippen molar-refractivity contribution in [3.8, 4) is 11.4 Å². The molecule has 1 N–H and O–H groups in total. The number of anilines is 1. The summed E-state index contributed by atoms with van der Waals surface area (Å²) in [6, 6.07) is 7.58. The SMILES string of the molecule is CCOC(=O)Nc1ccc2cc(S(=O)(=O)CC)c(-c3c(F)c4ncc(C)cc4n3C(=O)OC(C)(C)C)nc2c1. The van der Waals surface area contributed by atoms with E-state index in [1.54, 1.807) is 52.8 Å². The number of rotatable bonds is 5. The molecule has 0 aliphatic rings. The molecule has 0 aliphatic carbocycles. The highest BCUT2D eigenvalue weighted by Crippen LogP contribution is 2.37. The van der Waals surface area contributed by atoms with E-state index in [0.29, 0.717) is 16.6 Å². The summed E-state index contributed by atoms with van der Waals surface area (Å²) < 4.78 is 54.0. The molecule has 206 valence electrons. The smallest absolute Gasteiger partial charge is 0.419 e. The minimum atomic E-state index is -3.95. The summed E-state index contributed by atoms with van der Waals surface area (Å²) >= 11 is 0. The number of pyridine rings is 2. The second kappa shape index (κ2) is 10.3. The Kier molecular flexibility index (Phi) is 7.35. The lowest BCUT2D eigenvalue weighted by molar-refractivity contribution is 0.0546. The number of sulfone groups is 1. The van der Waals surface area contributed by atoms with E-state index < -0.39 is 39.1 Å². The quantitative estimate of drug-likeness (QED) is 0.324. The first-order valence-electron chi connectivity index (χ1n) is 12.3. The highest BCUT2D eigenvalue weighted by molar-refractivity contribution is 7.91. The van der Waals surface area contributed by atoms with E-state index >= 15 is 4.39 Å². The summed E-state index contributed by atoms with van der Waals surface area (Å²) in [6.45, 7) is 10.0. The highest BCUT2D eigenvalue weighted by atomic mass is 32.2. The average molecular weight is 557 g/mol.